The molecule has 8 atom stereocenters. The molecule has 0 bridgehead atoms. The molecule has 0 radical (unpaired) electrons. The topological polar surface area (TPSA) is 63.8 Å². The second-order valence-electron chi connectivity index (χ2n) is 11.4. The average Bonchev–Trinajstić information content (AvgIpc) is 3.23. The van der Waals surface area contributed by atoms with Crippen LogP contribution in [0.4, 0.5) is 0 Å². The molecule has 0 saturated heterocycles. The molecular weight excluding hydrogens is 360 g/mol. The standard InChI is InChI=1S/C24H38N4O/c1-15(14-28-16(2)25-26-27-28)21-7-8-22-20-6-5-17-13-23(3,29)11-9-18(17)19(20)10-12-24(21,22)4/h17-22,29H,1,5-14H2,2-4H3/t17-,18-,19+,20+,21+,22-,23+,24+/m0/s1. The van der Waals surface area contributed by atoms with Crippen LogP contribution in [-0.2, 0) is 6.54 Å². The first kappa shape index (κ1) is 19.7. The maximum atomic E-state index is 10.6. The summed E-state index contributed by atoms with van der Waals surface area (Å²) in [6, 6.07) is 0. The average molecular weight is 399 g/mol. The normalized spacial score (nSPS) is 46.6. The molecule has 4 aliphatic carbocycles. The van der Waals surface area contributed by atoms with Crippen LogP contribution >= 0.6 is 0 Å². The van der Waals surface area contributed by atoms with Crippen molar-refractivity contribution in [3.05, 3.63) is 18.0 Å². The summed E-state index contributed by atoms with van der Waals surface area (Å²) in [4.78, 5) is 0. The molecule has 0 amide bonds. The van der Waals surface area contributed by atoms with Crippen molar-refractivity contribution in [3.63, 3.8) is 0 Å². The number of fused-ring (bicyclic) bond motifs is 5. The van der Waals surface area contributed by atoms with E-state index in [0.717, 1.165) is 54.8 Å². The molecule has 160 valence electrons. The summed E-state index contributed by atoms with van der Waals surface area (Å²) in [7, 11) is 0. The van der Waals surface area contributed by atoms with Gasteiger partial charge in [-0.2, -0.15) is 0 Å². The first-order valence-electron chi connectivity index (χ1n) is 11.9. The van der Waals surface area contributed by atoms with Gasteiger partial charge < -0.3 is 5.11 Å². The van der Waals surface area contributed by atoms with Gasteiger partial charge >= 0.3 is 0 Å². The van der Waals surface area contributed by atoms with E-state index in [4.69, 9.17) is 0 Å². The lowest BCUT2D eigenvalue weighted by Crippen LogP contribution is -2.50. The van der Waals surface area contributed by atoms with Gasteiger partial charge in [0.05, 0.1) is 12.1 Å². The van der Waals surface area contributed by atoms with E-state index in [2.05, 4.69) is 36.0 Å². The fourth-order valence-electron chi connectivity index (χ4n) is 8.45. The van der Waals surface area contributed by atoms with E-state index in [-0.39, 0.29) is 0 Å². The Hall–Kier alpha value is -1.23. The number of hydrogen-bond acceptors (Lipinski definition) is 4. The van der Waals surface area contributed by atoms with Crippen LogP contribution < -0.4 is 0 Å². The Morgan fingerprint density at radius 1 is 1.07 bits per heavy atom. The molecule has 4 fully saturated rings. The van der Waals surface area contributed by atoms with Gasteiger partial charge in [0.25, 0.3) is 0 Å². The van der Waals surface area contributed by atoms with Crippen LogP contribution in [0.5, 0.6) is 0 Å². The van der Waals surface area contributed by atoms with Gasteiger partial charge in [-0.3, -0.25) is 0 Å². The fraction of sp³-hybridized carbons (Fsp3) is 0.875. The van der Waals surface area contributed by atoms with Gasteiger partial charge in [-0.25, -0.2) is 4.68 Å². The van der Waals surface area contributed by atoms with E-state index >= 15 is 0 Å². The van der Waals surface area contributed by atoms with Gasteiger partial charge in [-0.15, -0.1) is 5.10 Å². The number of aromatic nitrogens is 4. The van der Waals surface area contributed by atoms with Crippen molar-refractivity contribution in [1.29, 1.82) is 0 Å². The van der Waals surface area contributed by atoms with Crippen molar-refractivity contribution in [3.8, 4) is 0 Å². The first-order valence-corrected chi connectivity index (χ1v) is 11.9. The van der Waals surface area contributed by atoms with Gasteiger partial charge in [0, 0.05) is 0 Å². The molecule has 5 nitrogen and oxygen atoms in total. The largest absolute Gasteiger partial charge is 0.390 e. The van der Waals surface area contributed by atoms with Crippen LogP contribution in [0.25, 0.3) is 0 Å². The van der Waals surface area contributed by atoms with E-state index in [1.165, 1.54) is 50.5 Å². The van der Waals surface area contributed by atoms with E-state index in [0.29, 0.717) is 11.3 Å². The highest BCUT2D eigenvalue weighted by molar-refractivity contribution is 5.15. The molecule has 0 spiro atoms. The van der Waals surface area contributed by atoms with Gasteiger partial charge in [0.2, 0.25) is 0 Å². The van der Waals surface area contributed by atoms with E-state index in [9.17, 15) is 5.11 Å². The van der Waals surface area contributed by atoms with Crippen molar-refractivity contribution in [2.75, 3.05) is 0 Å². The van der Waals surface area contributed by atoms with Crippen LogP contribution in [-0.4, -0.2) is 30.9 Å². The molecular formula is C24H38N4O. The molecule has 1 aromatic heterocycles. The van der Waals surface area contributed by atoms with E-state index in [1.54, 1.807) is 0 Å². The van der Waals surface area contributed by atoms with E-state index < -0.39 is 5.60 Å². The molecule has 29 heavy (non-hydrogen) atoms. The summed E-state index contributed by atoms with van der Waals surface area (Å²) in [5.74, 6) is 5.75. The Bertz CT molecular complexity index is 786. The Balaban J connectivity index is 1.32. The lowest BCUT2D eigenvalue weighted by atomic mass is 9.49. The third kappa shape index (κ3) is 3.19. The molecule has 0 aromatic carbocycles. The van der Waals surface area contributed by atoms with Crippen LogP contribution in [0.1, 0.15) is 77.5 Å². The van der Waals surface area contributed by atoms with Crippen molar-refractivity contribution < 1.29 is 5.11 Å². The molecule has 0 unspecified atom stereocenters. The fourth-order valence-corrected chi connectivity index (χ4v) is 8.45. The number of allylic oxidation sites excluding steroid dienone is 1. The Morgan fingerprint density at radius 3 is 2.62 bits per heavy atom. The Morgan fingerprint density at radius 2 is 1.86 bits per heavy atom. The minimum absolute atomic E-state index is 0.396. The number of hydrogen-bond donors (Lipinski definition) is 1. The SMILES string of the molecule is C=C(Cn1nnnc1C)[C@H]1CC[C@H]2[C@@H]3CC[C@H]4C[C@](C)(O)CC[C@@H]4[C@H]3CC[C@]12C. The highest BCUT2D eigenvalue weighted by Gasteiger charge is 2.57. The molecule has 1 heterocycles. The summed E-state index contributed by atoms with van der Waals surface area (Å²) in [6.45, 7) is 11.9. The molecule has 0 aliphatic heterocycles. The van der Waals surface area contributed by atoms with Crippen molar-refractivity contribution in [2.24, 2.45) is 40.9 Å². The molecule has 4 aliphatic rings. The second-order valence-corrected chi connectivity index (χ2v) is 11.4. The zero-order valence-electron chi connectivity index (χ0n) is 18.5. The summed E-state index contributed by atoms with van der Waals surface area (Å²) in [5.41, 5.74) is 1.31. The van der Waals surface area contributed by atoms with Gasteiger partial charge in [0.15, 0.2) is 0 Å². The Labute approximate surface area is 175 Å². The van der Waals surface area contributed by atoms with Crippen molar-refractivity contribution >= 4 is 0 Å². The van der Waals surface area contributed by atoms with Gasteiger partial charge in [0.1, 0.15) is 5.82 Å². The molecule has 5 rings (SSSR count). The number of tetrazole rings is 1. The highest BCUT2D eigenvalue weighted by atomic mass is 16.3. The first-order chi connectivity index (χ1) is 13.8. The van der Waals surface area contributed by atoms with E-state index in [1.807, 2.05) is 11.6 Å². The molecule has 1 N–H and O–H groups in total. The number of nitrogens with zero attached hydrogens (tertiary/aromatic N) is 4. The number of rotatable bonds is 3. The molecule has 4 saturated carbocycles. The maximum Gasteiger partial charge on any atom is 0.148 e. The zero-order chi connectivity index (χ0) is 20.4. The lowest BCUT2D eigenvalue weighted by Gasteiger charge is -2.57. The van der Waals surface area contributed by atoms with Crippen LogP contribution in [0.15, 0.2) is 12.2 Å². The molecule has 5 heteroatoms. The lowest BCUT2D eigenvalue weighted by molar-refractivity contribution is -0.0979. The summed E-state index contributed by atoms with van der Waals surface area (Å²) < 4.78 is 1.91. The smallest absolute Gasteiger partial charge is 0.148 e. The van der Waals surface area contributed by atoms with Crippen molar-refractivity contribution in [1.82, 2.24) is 20.2 Å². The van der Waals surface area contributed by atoms with Gasteiger partial charge in [-0.1, -0.05) is 19.1 Å². The highest BCUT2D eigenvalue weighted by Crippen LogP contribution is 2.65. The third-order valence-electron chi connectivity index (χ3n) is 9.79. The number of aliphatic hydroxyl groups is 1. The summed E-state index contributed by atoms with van der Waals surface area (Å²) in [5, 5.41) is 22.6. The summed E-state index contributed by atoms with van der Waals surface area (Å²) >= 11 is 0. The third-order valence-corrected chi connectivity index (χ3v) is 9.79. The van der Waals surface area contributed by atoms with Crippen LogP contribution in [0.3, 0.4) is 0 Å². The molecule has 1 aromatic rings. The Kier molecular flexibility index (Phi) is 4.69. The predicted octanol–water partition coefficient (Wildman–Crippen LogP) is 4.56. The van der Waals surface area contributed by atoms with Crippen LogP contribution in [0, 0.1) is 47.8 Å². The minimum Gasteiger partial charge on any atom is -0.390 e. The van der Waals surface area contributed by atoms with Crippen molar-refractivity contribution in [2.45, 2.75) is 90.7 Å². The number of aryl methyl sites for hydroxylation is 1. The monoisotopic (exact) mass is 398 g/mol. The predicted molar refractivity (Wildman–Crippen MR) is 113 cm³/mol. The van der Waals surface area contributed by atoms with Crippen LogP contribution in [0.2, 0.25) is 0 Å². The second kappa shape index (κ2) is 6.90. The quantitative estimate of drug-likeness (QED) is 0.758. The summed E-state index contributed by atoms with van der Waals surface area (Å²) in [6.07, 6.45) is 11.4. The van der Waals surface area contributed by atoms with Gasteiger partial charge in [-0.05, 0) is 123 Å². The maximum absolute atomic E-state index is 10.6. The zero-order valence-corrected chi connectivity index (χ0v) is 18.5. The minimum atomic E-state index is -0.415.